The number of nitro benzene ring substituents is 1. The van der Waals surface area contributed by atoms with Crippen molar-refractivity contribution < 1.29 is 14.5 Å². The normalized spacial score (nSPS) is 15.6. The van der Waals surface area contributed by atoms with Crippen LogP contribution in [-0.4, -0.2) is 30.6 Å². The Balaban J connectivity index is 1.83. The van der Waals surface area contributed by atoms with Crippen LogP contribution in [0.4, 0.5) is 5.69 Å². The van der Waals surface area contributed by atoms with E-state index in [2.05, 4.69) is 5.43 Å². The van der Waals surface area contributed by atoms with Crippen LogP contribution in [0.15, 0.2) is 47.5 Å². The van der Waals surface area contributed by atoms with Gasteiger partial charge in [0.25, 0.3) is 17.5 Å². The molecule has 1 saturated heterocycles. The molecular weight excluding hydrogens is 376 g/mol. The van der Waals surface area contributed by atoms with E-state index in [9.17, 15) is 19.7 Å². The summed E-state index contributed by atoms with van der Waals surface area (Å²) in [5, 5.41) is 12.0. The van der Waals surface area contributed by atoms with Crippen LogP contribution in [0.1, 0.15) is 16.1 Å². The van der Waals surface area contributed by atoms with Gasteiger partial charge in [0.2, 0.25) is 0 Å². The van der Waals surface area contributed by atoms with Crippen molar-refractivity contribution in [1.82, 2.24) is 15.0 Å². The third-order valence-electron chi connectivity index (χ3n) is 3.62. The van der Waals surface area contributed by atoms with E-state index in [0.717, 1.165) is 22.5 Å². The van der Waals surface area contributed by atoms with Crippen molar-refractivity contribution in [2.24, 2.45) is 7.05 Å². The number of carbonyl (C=O) groups excluding carboxylic acids is 2. The van der Waals surface area contributed by atoms with E-state index in [1.165, 1.54) is 24.3 Å². The number of aryl methyl sites for hydroxylation is 1. The number of nitrogens with zero attached hydrogens (tertiary/aromatic N) is 3. The van der Waals surface area contributed by atoms with E-state index in [0.29, 0.717) is 4.91 Å². The Morgan fingerprint density at radius 2 is 2.04 bits per heavy atom. The maximum absolute atomic E-state index is 12.5. The van der Waals surface area contributed by atoms with Gasteiger partial charge in [-0.1, -0.05) is 23.9 Å². The Labute approximate surface area is 157 Å². The average molecular weight is 388 g/mol. The lowest BCUT2D eigenvalue weighted by atomic mass is 10.2. The largest absolute Gasteiger partial charge is 0.351 e. The van der Waals surface area contributed by atoms with Gasteiger partial charge >= 0.3 is 0 Å². The summed E-state index contributed by atoms with van der Waals surface area (Å²) in [5.74, 6) is -1.28. The number of nitro groups is 1. The zero-order valence-electron chi connectivity index (χ0n) is 13.4. The van der Waals surface area contributed by atoms with Crippen molar-refractivity contribution in [3.05, 3.63) is 68.9 Å². The topological polar surface area (TPSA) is 97.5 Å². The zero-order chi connectivity index (χ0) is 18.8. The molecule has 2 aromatic rings. The molecule has 0 radical (unpaired) electrons. The van der Waals surface area contributed by atoms with Crippen molar-refractivity contribution in [2.75, 3.05) is 0 Å². The van der Waals surface area contributed by atoms with Gasteiger partial charge in [0.15, 0.2) is 4.32 Å². The number of rotatable bonds is 4. The first-order valence-corrected chi connectivity index (χ1v) is 8.54. The van der Waals surface area contributed by atoms with Gasteiger partial charge in [-0.25, -0.2) is 0 Å². The third-order valence-corrected chi connectivity index (χ3v) is 4.92. The van der Waals surface area contributed by atoms with Crippen molar-refractivity contribution in [3.8, 4) is 0 Å². The summed E-state index contributed by atoms with van der Waals surface area (Å²) >= 11 is 6.19. The number of carbonyl (C=O) groups is 2. The minimum atomic E-state index is -0.784. The summed E-state index contributed by atoms with van der Waals surface area (Å²) in [6.45, 7) is 0. The molecule has 0 spiro atoms. The number of thioether (sulfide) groups is 1. The summed E-state index contributed by atoms with van der Waals surface area (Å²) in [4.78, 5) is 35.7. The zero-order valence-corrected chi connectivity index (χ0v) is 15.0. The standard InChI is InChI=1S/C16H12N4O4S2/c1-18-8-4-5-10(18)9-13-15(22)19(16(25)26-13)17-14(21)11-6-2-3-7-12(11)20(23)24/h2-9H,1H3,(H,17,21). The van der Waals surface area contributed by atoms with E-state index >= 15 is 0 Å². The number of para-hydroxylation sites is 1. The molecule has 1 aliphatic heterocycles. The summed E-state index contributed by atoms with van der Waals surface area (Å²) in [6, 6.07) is 9.15. The fourth-order valence-electron chi connectivity index (χ4n) is 2.31. The Kier molecular flexibility index (Phi) is 4.87. The van der Waals surface area contributed by atoms with E-state index in [1.54, 1.807) is 6.08 Å². The van der Waals surface area contributed by atoms with Crippen LogP contribution >= 0.6 is 24.0 Å². The maximum atomic E-state index is 12.5. The molecule has 0 aliphatic carbocycles. The molecule has 1 aromatic carbocycles. The van der Waals surface area contributed by atoms with Crippen LogP contribution in [0.2, 0.25) is 0 Å². The van der Waals surface area contributed by atoms with Crippen molar-refractivity contribution >= 4 is 51.9 Å². The predicted octanol–water partition coefficient (Wildman–Crippen LogP) is 2.48. The molecule has 0 bridgehead atoms. The van der Waals surface area contributed by atoms with Crippen LogP contribution in [-0.2, 0) is 11.8 Å². The molecule has 3 rings (SSSR count). The van der Waals surface area contributed by atoms with E-state index in [1.807, 2.05) is 29.9 Å². The molecule has 10 heteroatoms. The molecule has 1 fully saturated rings. The quantitative estimate of drug-likeness (QED) is 0.374. The lowest BCUT2D eigenvalue weighted by molar-refractivity contribution is -0.385. The van der Waals surface area contributed by atoms with Crippen LogP contribution in [0.3, 0.4) is 0 Å². The molecule has 1 aliphatic rings. The molecule has 2 heterocycles. The maximum Gasteiger partial charge on any atom is 0.285 e. The second-order valence-electron chi connectivity index (χ2n) is 5.28. The molecule has 26 heavy (non-hydrogen) atoms. The smallest absolute Gasteiger partial charge is 0.285 e. The highest BCUT2D eigenvalue weighted by atomic mass is 32.2. The fourth-order valence-corrected chi connectivity index (χ4v) is 3.47. The van der Waals surface area contributed by atoms with Crippen molar-refractivity contribution in [1.29, 1.82) is 0 Å². The van der Waals surface area contributed by atoms with Crippen molar-refractivity contribution in [2.45, 2.75) is 0 Å². The lowest BCUT2D eigenvalue weighted by Gasteiger charge is -2.15. The summed E-state index contributed by atoms with van der Waals surface area (Å²) in [5.41, 5.74) is 2.64. The Bertz CT molecular complexity index is 967. The molecule has 132 valence electrons. The molecular formula is C16H12N4O4S2. The molecule has 0 atom stereocenters. The Hall–Kier alpha value is -2.98. The predicted molar refractivity (Wildman–Crippen MR) is 101 cm³/mol. The molecule has 8 nitrogen and oxygen atoms in total. The number of aromatic nitrogens is 1. The minimum absolute atomic E-state index is 0.141. The number of benzene rings is 1. The number of nitrogens with one attached hydrogen (secondary N) is 1. The minimum Gasteiger partial charge on any atom is -0.351 e. The molecule has 0 saturated carbocycles. The SMILES string of the molecule is Cn1cccc1C=C1SC(=S)N(NC(=O)c2ccccc2[N+](=O)[O-])C1=O. The summed E-state index contributed by atoms with van der Waals surface area (Å²) in [6.07, 6.45) is 3.50. The van der Waals surface area contributed by atoms with Crippen LogP contribution in [0.25, 0.3) is 6.08 Å². The Morgan fingerprint density at radius 3 is 2.69 bits per heavy atom. The first kappa shape index (κ1) is 17.8. The highest BCUT2D eigenvalue weighted by Gasteiger charge is 2.34. The highest BCUT2D eigenvalue weighted by molar-refractivity contribution is 8.26. The summed E-state index contributed by atoms with van der Waals surface area (Å²) in [7, 11) is 1.84. The number of hydrogen-bond donors (Lipinski definition) is 1. The Morgan fingerprint density at radius 1 is 1.31 bits per heavy atom. The van der Waals surface area contributed by atoms with Gasteiger partial charge in [0.05, 0.1) is 9.83 Å². The number of hydrazine groups is 1. The van der Waals surface area contributed by atoms with Gasteiger partial charge in [-0.3, -0.25) is 25.1 Å². The summed E-state index contributed by atoms with van der Waals surface area (Å²) < 4.78 is 1.97. The number of hydrogen-bond acceptors (Lipinski definition) is 6. The third kappa shape index (κ3) is 3.37. The van der Waals surface area contributed by atoms with Crippen LogP contribution in [0, 0.1) is 10.1 Å². The molecule has 0 unspecified atom stereocenters. The first-order valence-electron chi connectivity index (χ1n) is 7.32. The lowest BCUT2D eigenvalue weighted by Crippen LogP contribution is -2.45. The van der Waals surface area contributed by atoms with Gasteiger partial charge in [-0.15, -0.1) is 0 Å². The second kappa shape index (κ2) is 7.10. The van der Waals surface area contributed by atoms with Gasteiger partial charge in [-0.2, -0.15) is 5.01 Å². The fraction of sp³-hybridized carbons (Fsp3) is 0.0625. The van der Waals surface area contributed by atoms with E-state index in [4.69, 9.17) is 12.2 Å². The second-order valence-corrected chi connectivity index (χ2v) is 6.95. The molecule has 2 amide bonds. The van der Waals surface area contributed by atoms with Crippen molar-refractivity contribution in [3.63, 3.8) is 0 Å². The van der Waals surface area contributed by atoms with Gasteiger partial charge < -0.3 is 4.57 Å². The van der Waals surface area contributed by atoms with Gasteiger partial charge in [0.1, 0.15) is 5.56 Å². The monoisotopic (exact) mass is 388 g/mol. The first-order chi connectivity index (χ1) is 12.4. The van der Waals surface area contributed by atoms with Crippen LogP contribution in [0.5, 0.6) is 0 Å². The molecule has 1 aromatic heterocycles. The number of amides is 2. The average Bonchev–Trinajstić information content (AvgIpc) is 3.13. The molecule has 1 N–H and O–H groups in total. The van der Waals surface area contributed by atoms with E-state index < -0.39 is 16.7 Å². The van der Waals surface area contributed by atoms with Gasteiger partial charge in [-0.05, 0) is 36.5 Å². The van der Waals surface area contributed by atoms with E-state index in [-0.39, 0.29) is 15.6 Å². The highest BCUT2D eigenvalue weighted by Crippen LogP contribution is 2.31. The number of thiocarbonyl (C=S) groups is 1. The van der Waals surface area contributed by atoms with Gasteiger partial charge in [0, 0.05) is 25.0 Å². The van der Waals surface area contributed by atoms with Crippen LogP contribution < -0.4 is 5.43 Å².